The van der Waals surface area contributed by atoms with Crippen LogP contribution in [0.15, 0.2) is 27.6 Å². The molecule has 0 fully saturated rings. The summed E-state index contributed by atoms with van der Waals surface area (Å²) in [6.45, 7) is 0.196. The van der Waals surface area contributed by atoms with Crippen molar-refractivity contribution >= 4 is 37.6 Å². The van der Waals surface area contributed by atoms with Crippen molar-refractivity contribution in [2.45, 2.75) is 11.3 Å². The van der Waals surface area contributed by atoms with Crippen LogP contribution in [0.25, 0.3) is 0 Å². The fourth-order valence-corrected chi connectivity index (χ4v) is 2.64. The van der Waals surface area contributed by atoms with Crippen molar-refractivity contribution < 1.29 is 12.8 Å². The molecule has 0 radical (unpaired) electrons. The molecule has 0 aliphatic carbocycles. The molecule has 0 amide bonds. The molecule has 1 rings (SSSR count). The lowest BCUT2D eigenvalue weighted by Crippen LogP contribution is -2.25. The zero-order valence-electron chi connectivity index (χ0n) is 8.21. The van der Waals surface area contributed by atoms with Crippen molar-refractivity contribution in [3.63, 3.8) is 0 Å². The van der Waals surface area contributed by atoms with Crippen molar-refractivity contribution in [3.05, 3.63) is 28.5 Å². The highest BCUT2D eigenvalue weighted by Gasteiger charge is 2.18. The Morgan fingerprint density at radius 1 is 1.44 bits per heavy atom. The minimum atomic E-state index is -3.78. The van der Waals surface area contributed by atoms with Gasteiger partial charge < -0.3 is 0 Å². The maximum absolute atomic E-state index is 13.4. The summed E-state index contributed by atoms with van der Waals surface area (Å²) in [5, 5.41) is 0. The highest BCUT2D eigenvalue weighted by molar-refractivity contribution is 9.10. The molecule has 0 heterocycles. The normalized spacial score (nSPS) is 11.7. The molecule has 0 bridgehead atoms. The lowest BCUT2D eigenvalue weighted by molar-refractivity contribution is 0.556. The zero-order chi connectivity index (χ0) is 12.2. The lowest BCUT2D eigenvalue weighted by Gasteiger charge is -2.06. The van der Waals surface area contributed by atoms with Crippen LogP contribution >= 0.6 is 27.5 Å². The van der Waals surface area contributed by atoms with E-state index in [2.05, 4.69) is 20.7 Å². The number of hydrogen-bond donors (Lipinski definition) is 1. The van der Waals surface area contributed by atoms with Crippen molar-refractivity contribution in [2.24, 2.45) is 0 Å². The first-order valence-electron chi connectivity index (χ1n) is 4.48. The van der Waals surface area contributed by atoms with Gasteiger partial charge in [-0.05, 0) is 24.6 Å². The maximum Gasteiger partial charge on any atom is 0.243 e. The fourth-order valence-electron chi connectivity index (χ4n) is 1.04. The highest BCUT2D eigenvalue weighted by Crippen LogP contribution is 2.19. The second kappa shape index (κ2) is 5.95. The quantitative estimate of drug-likeness (QED) is 0.666. The number of alkyl halides is 1. The van der Waals surface area contributed by atoms with Gasteiger partial charge in [-0.15, -0.1) is 11.6 Å². The van der Waals surface area contributed by atoms with E-state index >= 15 is 0 Å². The Morgan fingerprint density at radius 3 is 2.69 bits per heavy atom. The van der Waals surface area contributed by atoms with Crippen LogP contribution in [-0.2, 0) is 10.0 Å². The molecule has 7 heteroatoms. The summed E-state index contributed by atoms with van der Waals surface area (Å²) in [6, 6.07) is 3.79. The van der Waals surface area contributed by atoms with E-state index in [0.29, 0.717) is 16.8 Å². The average Bonchev–Trinajstić information content (AvgIpc) is 2.17. The number of sulfonamides is 1. The molecule has 1 N–H and O–H groups in total. The summed E-state index contributed by atoms with van der Waals surface area (Å²) in [4.78, 5) is -0.356. The lowest BCUT2D eigenvalue weighted by atomic mass is 10.3. The monoisotopic (exact) mass is 329 g/mol. The third kappa shape index (κ3) is 3.69. The summed E-state index contributed by atoms with van der Waals surface area (Å²) in [6.07, 6.45) is 0.499. The first kappa shape index (κ1) is 13.9. The Hall–Kier alpha value is -0.170. The molecular formula is C9H10BrClFNO2S. The van der Waals surface area contributed by atoms with Gasteiger partial charge in [0.15, 0.2) is 0 Å². The Morgan fingerprint density at radius 2 is 2.12 bits per heavy atom. The van der Waals surface area contributed by atoms with Gasteiger partial charge in [-0.1, -0.05) is 15.9 Å². The van der Waals surface area contributed by atoms with E-state index in [9.17, 15) is 12.8 Å². The second-order valence-corrected chi connectivity index (χ2v) is 6.04. The van der Waals surface area contributed by atoms with E-state index < -0.39 is 15.8 Å². The van der Waals surface area contributed by atoms with E-state index in [1.807, 2.05) is 0 Å². The molecule has 0 aliphatic rings. The molecule has 1 aromatic carbocycles. The van der Waals surface area contributed by atoms with Gasteiger partial charge >= 0.3 is 0 Å². The molecule has 0 unspecified atom stereocenters. The molecule has 0 saturated heterocycles. The SMILES string of the molecule is O=S(=O)(NCCCCl)c1ccc(Br)cc1F. The molecule has 90 valence electrons. The Balaban J connectivity index is 2.90. The van der Waals surface area contributed by atoms with Crippen LogP contribution in [-0.4, -0.2) is 20.8 Å². The molecule has 0 saturated carbocycles. The molecule has 1 aromatic rings. The van der Waals surface area contributed by atoms with Crippen LogP contribution in [0.1, 0.15) is 6.42 Å². The predicted octanol–water partition coefficient (Wildman–Crippen LogP) is 2.50. The molecule has 0 atom stereocenters. The number of benzene rings is 1. The van der Waals surface area contributed by atoms with Crippen LogP contribution in [0.4, 0.5) is 4.39 Å². The highest BCUT2D eigenvalue weighted by atomic mass is 79.9. The summed E-state index contributed by atoms with van der Waals surface area (Å²) < 4.78 is 39.4. The van der Waals surface area contributed by atoms with Gasteiger partial charge in [-0.25, -0.2) is 17.5 Å². The summed E-state index contributed by atoms with van der Waals surface area (Å²) in [5.74, 6) is -0.432. The Bertz CT molecular complexity index is 467. The van der Waals surface area contributed by atoms with Gasteiger partial charge in [0.2, 0.25) is 10.0 Å². The van der Waals surface area contributed by atoms with Crippen molar-refractivity contribution in [1.29, 1.82) is 0 Å². The van der Waals surface area contributed by atoms with Crippen LogP contribution in [0.2, 0.25) is 0 Å². The molecule has 0 aliphatic heterocycles. The standard InChI is InChI=1S/C9H10BrClFNO2S/c10-7-2-3-9(8(12)6-7)16(14,15)13-5-1-4-11/h2-3,6,13H,1,4-5H2. The van der Waals surface area contributed by atoms with Gasteiger partial charge in [-0.2, -0.15) is 0 Å². The first-order chi connectivity index (χ1) is 7.47. The van der Waals surface area contributed by atoms with Gasteiger partial charge in [-0.3, -0.25) is 0 Å². The van der Waals surface area contributed by atoms with Gasteiger partial charge in [0.1, 0.15) is 10.7 Å². The number of halogens is 3. The predicted molar refractivity (Wildman–Crippen MR) is 64.6 cm³/mol. The topological polar surface area (TPSA) is 46.2 Å². The first-order valence-corrected chi connectivity index (χ1v) is 7.29. The molecule has 16 heavy (non-hydrogen) atoms. The summed E-state index contributed by atoms with van der Waals surface area (Å²) >= 11 is 8.47. The Labute approximate surface area is 107 Å². The van der Waals surface area contributed by atoms with Crippen LogP contribution in [0.3, 0.4) is 0 Å². The number of nitrogens with one attached hydrogen (secondary N) is 1. The second-order valence-electron chi connectivity index (χ2n) is 3.02. The number of rotatable bonds is 5. The zero-order valence-corrected chi connectivity index (χ0v) is 11.4. The third-order valence-electron chi connectivity index (χ3n) is 1.79. The summed E-state index contributed by atoms with van der Waals surface area (Å²) in [5.41, 5.74) is 0. The van der Waals surface area contributed by atoms with Crippen LogP contribution in [0, 0.1) is 5.82 Å². The van der Waals surface area contributed by atoms with E-state index in [4.69, 9.17) is 11.6 Å². The van der Waals surface area contributed by atoms with Gasteiger partial charge in [0.25, 0.3) is 0 Å². The third-order valence-corrected chi connectivity index (χ3v) is 4.04. The van der Waals surface area contributed by atoms with Crippen molar-refractivity contribution in [2.75, 3.05) is 12.4 Å². The fraction of sp³-hybridized carbons (Fsp3) is 0.333. The van der Waals surface area contributed by atoms with E-state index in [1.165, 1.54) is 12.1 Å². The van der Waals surface area contributed by atoms with Gasteiger partial charge in [0, 0.05) is 16.9 Å². The average molecular weight is 331 g/mol. The molecule has 0 spiro atoms. The number of hydrogen-bond acceptors (Lipinski definition) is 2. The Kier molecular flexibility index (Phi) is 5.17. The maximum atomic E-state index is 13.4. The van der Waals surface area contributed by atoms with Crippen molar-refractivity contribution in [1.82, 2.24) is 4.72 Å². The van der Waals surface area contributed by atoms with Gasteiger partial charge in [0.05, 0.1) is 0 Å². The van der Waals surface area contributed by atoms with Crippen LogP contribution in [0.5, 0.6) is 0 Å². The minimum absolute atomic E-state index is 0.196. The van der Waals surface area contributed by atoms with Crippen LogP contribution < -0.4 is 4.72 Å². The molecule has 0 aromatic heterocycles. The van der Waals surface area contributed by atoms with Crippen molar-refractivity contribution in [3.8, 4) is 0 Å². The largest absolute Gasteiger partial charge is 0.243 e. The molecule has 3 nitrogen and oxygen atoms in total. The smallest absolute Gasteiger partial charge is 0.211 e. The minimum Gasteiger partial charge on any atom is -0.211 e. The molecular weight excluding hydrogens is 321 g/mol. The summed E-state index contributed by atoms with van der Waals surface area (Å²) in [7, 11) is -3.78. The van der Waals surface area contributed by atoms with E-state index in [1.54, 1.807) is 0 Å². The van der Waals surface area contributed by atoms with E-state index in [-0.39, 0.29) is 11.4 Å². The van der Waals surface area contributed by atoms with E-state index in [0.717, 1.165) is 6.07 Å².